The van der Waals surface area contributed by atoms with Crippen LogP contribution in [0.25, 0.3) is 11.1 Å². The summed E-state index contributed by atoms with van der Waals surface area (Å²) in [7, 11) is 0. The fraction of sp³-hybridized carbons (Fsp3) is 0.478. The Morgan fingerprint density at radius 1 is 1.28 bits per heavy atom. The number of aliphatic hydroxyl groups is 1. The number of benzene rings is 1. The molecule has 156 valence electrons. The van der Waals surface area contributed by atoms with Crippen molar-refractivity contribution in [3.63, 3.8) is 0 Å². The van der Waals surface area contributed by atoms with Crippen LogP contribution in [0.4, 0.5) is 5.82 Å². The van der Waals surface area contributed by atoms with Crippen molar-refractivity contribution in [2.24, 2.45) is 5.92 Å². The standard InChI is InChI=1S/C23H30ClN3O2/c1-15(2)10-19(14-28)26-23(29)18-12-20(17-6-7-21(24)16(3)11-17)22(25-13-18)27-8-4-5-9-27/h6-7,11-13,15,19,28H,4-5,8-10,14H2,1-3H3,(H,26,29). The van der Waals surface area contributed by atoms with Crippen LogP contribution in [0.2, 0.25) is 5.02 Å². The van der Waals surface area contributed by atoms with Crippen molar-refractivity contribution in [3.8, 4) is 11.1 Å². The van der Waals surface area contributed by atoms with E-state index in [1.165, 1.54) is 0 Å². The first-order valence-corrected chi connectivity index (χ1v) is 10.7. The third-order valence-corrected chi connectivity index (χ3v) is 5.74. The van der Waals surface area contributed by atoms with E-state index in [1.807, 2.05) is 31.2 Å². The molecule has 3 rings (SSSR count). The van der Waals surface area contributed by atoms with Gasteiger partial charge in [0.1, 0.15) is 5.82 Å². The summed E-state index contributed by atoms with van der Waals surface area (Å²) in [6, 6.07) is 7.54. The number of pyridine rings is 1. The van der Waals surface area contributed by atoms with E-state index in [4.69, 9.17) is 11.6 Å². The number of carbonyl (C=O) groups is 1. The number of aryl methyl sites for hydroxylation is 1. The zero-order valence-electron chi connectivity index (χ0n) is 17.4. The summed E-state index contributed by atoms with van der Waals surface area (Å²) in [5.74, 6) is 1.08. The maximum absolute atomic E-state index is 12.8. The third-order valence-electron chi connectivity index (χ3n) is 5.31. The first kappa shape index (κ1) is 21.6. The molecule has 1 saturated heterocycles. The minimum Gasteiger partial charge on any atom is -0.394 e. The predicted octanol–water partition coefficient (Wildman–Crippen LogP) is 4.45. The molecule has 6 heteroatoms. The van der Waals surface area contributed by atoms with Crippen molar-refractivity contribution in [2.45, 2.75) is 46.1 Å². The van der Waals surface area contributed by atoms with Crippen molar-refractivity contribution in [1.29, 1.82) is 0 Å². The maximum Gasteiger partial charge on any atom is 0.253 e. The highest BCUT2D eigenvalue weighted by molar-refractivity contribution is 6.31. The minimum absolute atomic E-state index is 0.0769. The van der Waals surface area contributed by atoms with E-state index >= 15 is 0 Å². The summed E-state index contributed by atoms with van der Waals surface area (Å²) in [6.07, 6.45) is 4.66. The highest BCUT2D eigenvalue weighted by Gasteiger charge is 2.21. The molecule has 5 nitrogen and oxygen atoms in total. The van der Waals surface area contributed by atoms with Crippen LogP contribution in [-0.4, -0.2) is 41.7 Å². The van der Waals surface area contributed by atoms with Crippen LogP contribution in [0, 0.1) is 12.8 Å². The van der Waals surface area contributed by atoms with E-state index < -0.39 is 0 Å². The lowest BCUT2D eigenvalue weighted by Gasteiger charge is -2.22. The summed E-state index contributed by atoms with van der Waals surface area (Å²) < 4.78 is 0. The fourth-order valence-electron chi connectivity index (χ4n) is 3.80. The zero-order valence-corrected chi connectivity index (χ0v) is 18.2. The molecule has 1 fully saturated rings. The molecule has 0 aliphatic carbocycles. The van der Waals surface area contributed by atoms with Crippen LogP contribution in [0.15, 0.2) is 30.5 Å². The molecule has 2 N–H and O–H groups in total. The molecule has 1 aliphatic rings. The molecule has 0 saturated carbocycles. The van der Waals surface area contributed by atoms with Gasteiger partial charge in [-0.15, -0.1) is 0 Å². The van der Waals surface area contributed by atoms with Gasteiger partial charge in [-0.05, 0) is 61.4 Å². The van der Waals surface area contributed by atoms with E-state index in [1.54, 1.807) is 6.20 Å². The van der Waals surface area contributed by atoms with Gasteiger partial charge in [-0.25, -0.2) is 4.98 Å². The smallest absolute Gasteiger partial charge is 0.253 e. The quantitative estimate of drug-likeness (QED) is 0.701. The van der Waals surface area contributed by atoms with Crippen LogP contribution in [0.5, 0.6) is 0 Å². The van der Waals surface area contributed by atoms with E-state index in [0.29, 0.717) is 11.5 Å². The minimum atomic E-state index is -0.262. The lowest BCUT2D eigenvalue weighted by molar-refractivity contribution is 0.0908. The molecule has 1 aliphatic heterocycles. The van der Waals surface area contributed by atoms with Gasteiger partial charge in [-0.3, -0.25) is 4.79 Å². The number of hydrogen-bond donors (Lipinski definition) is 2. The van der Waals surface area contributed by atoms with E-state index in [2.05, 4.69) is 29.0 Å². The number of amides is 1. The number of anilines is 1. The second-order valence-corrected chi connectivity index (χ2v) is 8.64. The molecule has 0 spiro atoms. The highest BCUT2D eigenvalue weighted by atomic mass is 35.5. The highest BCUT2D eigenvalue weighted by Crippen LogP contribution is 2.33. The van der Waals surface area contributed by atoms with Gasteiger partial charge in [0.05, 0.1) is 18.2 Å². The summed E-state index contributed by atoms with van der Waals surface area (Å²) in [5.41, 5.74) is 3.42. The molecule has 1 aromatic heterocycles. The Kier molecular flexibility index (Phi) is 7.14. The number of rotatable bonds is 7. The Hall–Kier alpha value is -2.11. The summed E-state index contributed by atoms with van der Waals surface area (Å²) >= 11 is 6.22. The molecule has 1 aromatic carbocycles. The number of carbonyl (C=O) groups excluding carboxylic acids is 1. The Morgan fingerprint density at radius 2 is 2.00 bits per heavy atom. The van der Waals surface area contributed by atoms with Crippen LogP contribution in [-0.2, 0) is 0 Å². The van der Waals surface area contributed by atoms with Crippen LogP contribution in [0.3, 0.4) is 0 Å². The lowest BCUT2D eigenvalue weighted by atomic mass is 10.0. The van der Waals surface area contributed by atoms with Crippen molar-refractivity contribution in [1.82, 2.24) is 10.3 Å². The summed E-state index contributed by atoms with van der Waals surface area (Å²) in [6.45, 7) is 7.98. The van der Waals surface area contributed by atoms with Crippen molar-refractivity contribution >= 4 is 23.3 Å². The van der Waals surface area contributed by atoms with Crippen molar-refractivity contribution < 1.29 is 9.90 Å². The van der Waals surface area contributed by atoms with Gasteiger partial charge in [0.15, 0.2) is 0 Å². The molecule has 1 unspecified atom stereocenters. The van der Waals surface area contributed by atoms with E-state index in [0.717, 1.165) is 59.9 Å². The van der Waals surface area contributed by atoms with Gasteiger partial charge >= 0.3 is 0 Å². The zero-order chi connectivity index (χ0) is 21.0. The number of nitrogens with zero attached hydrogens (tertiary/aromatic N) is 2. The van der Waals surface area contributed by atoms with Crippen molar-refractivity contribution in [3.05, 3.63) is 46.6 Å². The second kappa shape index (κ2) is 9.59. The normalized spacial score (nSPS) is 15.0. The van der Waals surface area contributed by atoms with Crippen LogP contribution in [0.1, 0.15) is 49.0 Å². The molecule has 1 amide bonds. The van der Waals surface area contributed by atoms with Gasteiger partial charge in [-0.1, -0.05) is 31.5 Å². The third kappa shape index (κ3) is 5.28. The van der Waals surface area contributed by atoms with Gasteiger partial charge in [0.2, 0.25) is 0 Å². The second-order valence-electron chi connectivity index (χ2n) is 8.24. The summed E-state index contributed by atoms with van der Waals surface area (Å²) in [4.78, 5) is 19.8. The average molecular weight is 416 g/mol. The Labute approximate surface area is 178 Å². The Morgan fingerprint density at radius 3 is 2.62 bits per heavy atom. The topological polar surface area (TPSA) is 65.5 Å². The van der Waals surface area contributed by atoms with Gasteiger partial charge < -0.3 is 15.3 Å². The SMILES string of the molecule is Cc1cc(-c2cc(C(=O)NC(CO)CC(C)C)cnc2N2CCCC2)ccc1Cl. The number of aliphatic hydroxyl groups excluding tert-OH is 1. The first-order chi connectivity index (χ1) is 13.9. The number of halogens is 1. The molecule has 29 heavy (non-hydrogen) atoms. The summed E-state index contributed by atoms with van der Waals surface area (Å²) in [5, 5.41) is 13.3. The number of aromatic nitrogens is 1. The molecule has 1 atom stereocenters. The predicted molar refractivity (Wildman–Crippen MR) is 119 cm³/mol. The molecular formula is C23H30ClN3O2. The van der Waals surface area contributed by atoms with Gasteiger partial charge in [-0.2, -0.15) is 0 Å². The van der Waals surface area contributed by atoms with E-state index in [9.17, 15) is 9.90 Å². The van der Waals surface area contributed by atoms with Gasteiger partial charge in [0, 0.05) is 29.9 Å². The molecule has 0 bridgehead atoms. The van der Waals surface area contributed by atoms with E-state index in [-0.39, 0.29) is 18.6 Å². The maximum atomic E-state index is 12.8. The Bertz CT molecular complexity index is 863. The lowest BCUT2D eigenvalue weighted by Crippen LogP contribution is -2.38. The fourth-order valence-corrected chi connectivity index (χ4v) is 3.92. The number of nitrogens with one attached hydrogen (secondary N) is 1. The molecule has 0 radical (unpaired) electrons. The largest absolute Gasteiger partial charge is 0.394 e. The average Bonchev–Trinajstić information content (AvgIpc) is 3.23. The Balaban J connectivity index is 1.95. The first-order valence-electron chi connectivity index (χ1n) is 10.3. The van der Waals surface area contributed by atoms with Gasteiger partial charge in [0.25, 0.3) is 5.91 Å². The van der Waals surface area contributed by atoms with Crippen LogP contribution < -0.4 is 10.2 Å². The number of hydrogen-bond acceptors (Lipinski definition) is 4. The van der Waals surface area contributed by atoms with Crippen LogP contribution >= 0.6 is 11.6 Å². The van der Waals surface area contributed by atoms with Crippen molar-refractivity contribution in [2.75, 3.05) is 24.6 Å². The molecule has 2 aromatic rings. The monoisotopic (exact) mass is 415 g/mol. The molecule has 2 heterocycles. The molecular weight excluding hydrogens is 386 g/mol.